The molecule has 2 aromatic carbocycles. The molecule has 0 aliphatic carbocycles. The second-order valence-corrected chi connectivity index (χ2v) is 5.10. The van der Waals surface area contributed by atoms with E-state index in [1.807, 2.05) is 61.5 Å². The standard InChI is InChI=1S/C18H17NO2/c1-12-10-11-14-6-5-9-17(18(14)19-12)21-16-8-4-3-7-15(16)13(2)20/h3-11,13,20H,1-2H3. The monoisotopic (exact) mass is 279 g/mol. The third-order valence-electron chi connectivity index (χ3n) is 3.41. The molecule has 0 amide bonds. The molecule has 0 radical (unpaired) electrons. The first-order valence-electron chi connectivity index (χ1n) is 6.96. The zero-order chi connectivity index (χ0) is 14.8. The van der Waals surface area contributed by atoms with Crippen LogP contribution in [0, 0.1) is 6.92 Å². The fourth-order valence-corrected chi connectivity index (χ4v) is 2.34. The first-order valence-corrected chi connectivity index (χ1v) is 6.96. The van der Waals surface area contributed by atoms with Crippen LogP contribution in [-0.2, 0) is 0 Å². The van der Waals surface area contributed by atoms with E-state index >= 15 is 0 Å². The predicted molar refractivity (Wildman–Crippen MR) is 83.6 cm³/mol. The average Bonchev–Trinajstić information content (AvgIpc) is 2.48. The number of hydrogen-bond acceptors (Lipinski definition) is 3. The van der Waals surface area contributed by atoms with Gasteiger partial charge in [0.15, 0.2) is 5.75 Å². The number of aliphatic hydroxyl groups excluding tert-OH is 1. The Morgan fingerprint density at radius 1 is 0.952 bits per heavy atom. The second-order valence-electron chi connectivity index (χ2n) is 5.10. The highest BCUT2D eigenvalue weighted by molar-refractivity contribution is 5.84. The fraction of sp³-hybridized carbons (Fsp3) is 0.167. The topological polar surface area (TPSA) is 42.4 Å². The van der Waals surface area contributed by atoms with Gasteiger partial charge in [-0.15, -0.1) is 0 Å². The summed E-state index contributed by atoms with van der Waals surface area (Å²) in [5, 5.41) is 10.9. The van der Waals surface area contributed by atoms with Crippen LogP contribution in [0.4, 0.5) is 0 Å². The minimum absolute atomic E-state index is 0.578. The lowest BCUT2D eigenvalue weighted by molar-refractivity contribution is 0.195. The van der Waals surface area contributed by atoms with Crippen LogP contribution in [-0.4, -0.2) is 10.1 Å². The normalized spacial score (nSPS) is 12.3. The quantitative estimate of drug-likeness (QED) is 0.773. The smallest absolute Gasteiger partial charge is 0.153 e. The van der Waals surface area contributed by atoms with Gasteiger partial charge in [0, 0.05) is 16.6 Å². The van der Waals surface area contributed by atoms with Crippen molar-refractivity contribution in [3.8, 4) is 11.5 Å². The number of rotatable bonds is 3. The number of pyridine rings is 1. The SMILES string of the molecule is Cc1ccc2cccc(Oc3ccccc3C(C)O)c2n1. The molecule has 3 rings (SSSR count). The molecule has 0 fully saturated rings. The molecule has 3 aromatic rings. The fourth-order valence-electron chi connectivity index (χ4n) is 2.34. The van der Waals surface area contributed by atoms with E-state index in [0.717, 1.165) is 22.2 Å². The van der Waals surface area contributed by atoms with Crippen LogP contribution in [0.5, 0.6) is 11.5 Å². The van der Waals surface area contributed by atoms with Crippen molar-refractivity contribution in [2.24, 2.45) is 0 Å². The largest absolute Gasteiger partial charge is 0.455 e. The van der Waals surface area contributed by atoms with Crippen LogP contribution in [0.25, 0.3) is 10.9 Å². The first kappa shape index (κ1) is 13.6. The van der Waals surface area contributed by atoms with Gasteiger partial charge in [0.05, 0.1) is 6.10 Å². The van der Waals surface area contributed by atoms with Crippen molar-refractivity contribution >= 4 is 10.9 Å². The van der Waals surface area contributed by atoms with Crippen molar-refractivity contribution in [1.29, 1.82) is 0 Å². The summed E-state index contributed by atoms with van der Waals surface area (Å²) in [6, 6.07) is 17.4. The van der Waals surface area contributed by atoms with E-state index < -0.39 is 6.10 Å². The number of para-hydroxylation sites is 2. The van der Waals surface area contributed by atoms with Gasteiger partial charge >= 0.3 is 0 Å². The molecule has 1 N–H and O–H groups in total. The van der Waals surface area contributed by atoms with Crippen molar-refractivity contribution in [2.45, 2.75) is 20.0 Å². The Labute approximate surface area is 123 Å². The number of fused-ring (bicyclic) bond motifs is 1. The molecule has 0 saturated heterocycles. The lowest BCUT2D eigenvalue weighted by atomic mass is 10.1. The van der Waals surface area contributed by atoms with Crippen molar-refractivity contribution in [3.05, 3.63) is 65.9 Å². The van der Waals surface area contributed by atoms with E-state index in [0.29, 0.717) is 11.5 Å². The maximum Gasteiger partial charge on any atom is 0.153 e. The number of aromatic nitrogens is 1. The second kappa shape index (κ2) is 5.54. The Morgan fingerprint density at radius 3 is 2.52 bits per heavy atom. The van der Waals surface area contributed by atoms with E-state index in [4.69, 9.17) is 4.74 Å². The molecular formula is C18H17NO2. The molecule has 1 aromatic heterocycles. The van der Waals surface area contributed by atoms with Crippen molar-refractivity contribution < 1.29 is 9.84 Å². The van der Waals surface area contributed by atoms with E-state index in [9.17, 15) is 5.11 Å². The summed E-state index contributed by atoms with van der Waals surface area (Å²) < 4.78 is 6.02. The van der Waals surface area contributed by atoms with Crippen molar-refractivity contribution in [1.82, 2.24) is 4.98 Å². The molecule has 0 bridgehead atoms. The Kier molecular flexibility index (Phi) is 3.59. The Hall–Kier alpha value is -2.39. The van der Waals surface area contributed by atoms with E-state index in [1.54, 1.807) is 6.92 Å². The third kappa shape index (κ3) is 2.73. The minimum Gasteiger partial charge on any atom is -0.455 e. The summed E-state index contributed by atoms with van der Waals surface area (Å²) in [4.78, 5) is 4.56. The highest BCUT2D eigenvalue weighted by Gasteiger charge is 2.11. The van der Waals surface area contributed by atoms with Gasteiger partial charge in [0.1, 0.15) is 11.3 Å². The molecule has 1 atom stereocenters. The first-order chi connectivity index (χ1) is 10.1. The van der Waals surface area contributed by atoms with Gasteiger partial charge < -0.3 is 9.84 Å². The summed E-state index contributed by atoms with van der Waals surface area (Å²) in [6.07, 6.45) is -0.578. The van der Waals surface area contributed by atoms with Gasteiger partial charge in [0.2, 0.25) is 0 Å². The maximum atomic E-state index is 9.84. The Bertz CT molecular complexity index is 781. The zero-order valence-electron chi connectivity index (χ0n) is 12.1. The number of aliphatic hydroxyl groups is 1. The molecule has 1 heterocycles. The summed E-state index contributed by atoms with van der Waals surface area (Å²) in [5.74, 6) is 1.35. The zero-order valence-corrected chi connectivity index (χ0v) is 12.1. The summed E-state index contributed by atoms with van der Waals surface area (Å²) in [7, 11) is 0. The highest BCUT2D eigenvalue weighted by Crippen LogP contribution is 2.32. The number of ether oxygens (including phenoxy) is 1. The minimum atomic E-state index is -0.578. The summed E-state index contributed by atoms with van der Waals surface area (Å²) >= 11 is 0. The average molecular weight is 279 g/mol. The summed E-state index contributed by atoms with van der Waals surface area (Å²) in [6.45, 7) is 3.69. The lowest BCUT2D eigenvalue weighted by Crippen LogP contribution is -1.96. The van der Waals surface area contributed by atoms with E-state index in [2.05, 4.69) is 4.98 Å². The van der Waals surface area contributed by atoms with Crippen LogP contribution in [0.3, 0.4) is 0 Å². The van der Waals surface area contributed by atoms with Crippen LogP contribution in [0.2, 0.25) is 0 Å². The van der Waals surface area contributed by atoms with Gasteiger partial charge in [-0.05, 0) is 32.0 Å². The molecule has 3 heteroatoms. The molecule has 106 valence electrons. The molecule has 0 spiro atoms. The maximum absolute atomic E-state index is 9.84. The lowest BCUT2D eigenvalue weighted by Gasteiger charge is -2.14. The molecule has 0 saturated carbocycles. The van der Waals surface area contributed by atoms with Crippen molar-refractivity contribution in [3.63, 3.8) is 0 Å². The number of nitrogens with zero attached hydrogens (tertiary/aromatic N) is 1. The summed E-state index contributed by atoms with van der Waals surface area (Å²) in [5.41, 5.74) is 2.54. The van der Waals surface area contributed by atoms with Gasteiger partial charge in [-0.2, -0.15) is 0 Å². The van der Waals surface area contributed by atoms with Crippen molar-refractivity contribution in [2.75, 3.05) is 0 Å². The number of benzene rings is 2. The van der Waals surface area contributed by atoms with Gasteiger partial charge in [-0.1, -0.05) is 36.4 Å². The highest BCUT2D eigenvalue weighted by atomic mass is 16.5. The van der Waals surface area contributed by atoms with E-state index in [1.165, 1.54) is 0 Å². The number of aryl methyl sites for hydroxylation is 1. The molecule has 3 nitrogen and oxygen atoms in total. The van der Waals surface area contributed by atoms with Crippen LogP contribution < -0.4 is 4.74 Å². The van der Waals surface area contributed by atoms with E-state index in [-0.39, 0.29) is 0 Å². The van der Waals surface area contributed by atoms with Gasteiger partial charge in [-0.25, -0.2) is 4.98 Å². The third-order valence-corrected chi connectivity index (χ3v) is 3.41. The molecule has 1 unspecified atom stereocenters. The van der Waals surface area contributed by atoms with Crippen LogP contribution >= 0.6 is 0 Å². The molecule has 21 heavy (non-hydrogen) atoms. The molecule has 0 aliphatic heterocycles. The van der Waals surface area contributed by atoms with Gasteiger partial charge in [-0.3, -0.25) is 0 Å². The van der Waals surface area contributed by atoms with Gasteiger partial charge in [0.25, 0.3) is 0 Å². The molecule has 0 aliphatic rings. The Balaban J connectivity index is 2.08. The van der Waals surface area contributed by atoms with Crippen LogP contribution in [0.15, 0.2) is 54.6 Å². The molecular weight excluding hydrogens is 262 g/mol. The predicted octanol–water partition coefficient (Wildman–Crippen LogP) is 4.39. The Morgan fingerprint density at radius 2 is 1.71 bits per heavy atom. The number of hydrogen-bond donors (Lipinski definition) is 1. The van der Waals surface area contributed by atoms with Crippen LogP contribution in [0.1, 0.15) is 24.3 Å².